The molecule has 0 bridgehead atoms. The highest BCUT2D eigenvalue weighted by Gasteiger charge is 2.35. The lowest BCUT2D eigenvalue weighted by atomic mass is 9.84. The number of nitrogens with zero attached hydrogens (tertiary/aromatic N) is 2. The molecule has 3 aromatic rings. The molecule has 180 valence electrons. The van der Waals surface area contributed by atoms with Crippen LogP contribution in [0.25, 0.3) is 0 Å². The molecular weight excluding hydrogens is 437 g/mol. The van der Waals surface area contributed by atoms with E-state index < -0.39 is 11.7 Å². The normalized spacial score (nSPS) is 15.2. The number of hydrogen-bond donors (Lipinski definition) is 2. The van der Waals surface area contributed by atoms with Crippen molar-refractivity contribution in [1.29, 1.82) is 0 Å². The second-order valence-electron chi connectivity index (χ2n) is 9.96. The molecule has 0 radical (unpaired) electrons. The van der Waals surface area contributed by atoms with Crippen LogP contribution in [0.15, 0.2) is 54.7 Å². The number of aromatic nitrogens is 2. The summed E-state index contributed by atoms with van der Waals surface area (Å²) in [6, 6.07) is 15.4. The molecule has 34 heavy (non-hydrogen) atoms. The highest BCUT2D eigenvalue weighted by Crippen LogP contribution is 2.38. The summed E-state index contributed by atoms with van der Waals surface area (Å²) < 4.78 is 41.2. The van der Waals surface area contributed by atoms with Gasteiger partial charge in [0.2, 0.25) is 5.95 Å². The summed E-state index contributed by atoms with van der Waals surface area (Å²) in [4.78, 5) is 8.16. The first kappa shape index (κ1) is 24.0. The fraction of sp³-hybridized carbons (Fsp3) is 0.407. The van der Waals surface area contributed by atoms with E-state index in [2.05, 4.69) is 32.7 Å². The Morgan fingerprint density at radius 3 is 2.15 bits per heavy atom. The predicted octanol–water partition coefficient (Wildman–Crippen LogP) is 8.33. The largest absolute Gasteiger partial charge is 0.421 e. The molecule has 0 atom stereocenters. The lowest BCUT2D eigenvalue weighted by Crippen LogP contribution is -2.16. The summed E-state index contributed by atoms with van der Waals surface area (Å²) in [5, 5.41) is 5.98. The van der Waals surface area contributed by atoms with E-state index >= 15 is 0 Å². The van der Waals surface area contributed by atoms with Crippen LogP contribution in [0.5, 0.6) is 0 Å². The van der Waals surface area contributed by atoms with E-state index in [-0.39, 0.29) is 17.2 Å². The first-order valence-corrected chi connectivity index (χ1v) is 11.8. The van der Waals surface area contributed by atoms with E-state index in [1.807, 2.05) is 45.0 Å². The standard InChI is InChI=1S/C27H31F3N4/c1-26(2,3)21-11-7-8-12-23(21)33-24-22(27(28,29)30)17-31-25(34-24)32-20-15-13-19(14-16-20)18-9-5-4-6-10-18/h7-8,11-18H,4-6,9-10H2,1-3H3,(H2,31,32,33,34). The van der Waals surface area contributed by atoms with E-state index in [1.54, 1.807) is 12.1 Å². The van der Waals surface area contributed by atoms with E-state index in [1.165, 1.54) is 37.7 Å². The average Bonchev–Trinajstić information content (AvgIpc) is 2.79. The van der Waals surface area contributed by atoms with Crippen molar-refractivity contribution < 1.29 is 13.2 Å². The number of alkyl halides is 3. The van der Waals surface area contributed by atoms with Gasteiger partial charge in [-0.15, -0.1) is 0 Å². The Kier molecular flexibility index (Phi) is 6.82. The van der Waals surface area contributed by atoms with Crippen molar-refractivity contribution in [2.75, 3.05) is 10.6 Å². The smallest absolute Gasteiger partial charge is 0.339 e. The van der Waals surface area contributed by atoms with Gasteiger partial charge in [-0.2, -0.15) is 18.2 Å². The molecule has 1 saturated carbocycles. The maximum atomic E-state index is 13.7. The van der Waals surface area contributed by atoms with Crippen LogP contribution >= 0.6 is 0 Å². The van der Waals surface area contributed by atoms with Gasteiger partial charge in [0, 0.05) is 17.6 Å². The molecule has 4 nitrogen and oxygen atoms in total. The number of hydrogen-bond acceptors (Lipinski definition) is 4. The van der Waals surface area contributed by atoms with E-state index in [0.717, 1.165) is 17.4 Å². The topological polar surface area (TPSA) is 49.8 Å². The molecule has 1 aliphatic carbocycles. The van der Waals surface area contributed by atoms with Crippen LogP contribution in [0.3, 0.4) is 0 Å². The molecule has 1 fully saturated rings. The van der Waals surface area contributed by atoms with Gasteiger partial charge in [-0.05, 0) is 53.5 Å². The molecular formula is C27H31F3N4. The van der Waals surface area contributed by atoms with Gasteiger partial charge >= 0.3 is 6.18 Å². The maximum Gasteiger partial charge on any atom is 0.421 e. The van der Waals surface area contributed by atoms with Crippen molar-refractivity contribution in [3.8, 4) is 0 Å². The van der Waals surface area contributed by atoms with Gasteiger partial charge in [-0.1, -0.05) is 70.4 Å². The van der Waals surface area contributed by atoms with Crippen LogP contribution in [0.1, 0.15) is 75.5 Å². The molecule has 0 spiro atoms. The Morgan fingerprint density at radius 1 is 0.824 bits per heavy atom. The van der Waals surface area contributed by atoms with E-state index in [4.69, 9.17) is 0 Å². The first-order chi connectivity index (χ1) is 16.1. The minimum Gasteiger partial charge on any atom is -0.339 e. The lowest BCUT2D eigenvalue weighted by Gasteiger charge is -2.24. The van der Waals surface area contributed by atoms with Crippen LogP contribution in [-0.4, -0.2) is 9.97 Å². The van der Waals surface area contributed by atoms with Gasteiger partial charge in [0.1, 0.15) is 11.4 Å². The molecule has 2 N–H and O–H groups in total. The van der Waals surface area contributed by atoms with Crippen molar-refractivity contribution >= 4 is 23.1 Å². The Balaban J connectivity index is 1.60. The molecule has 0 unspecified atom stereocenters. The molecule has 1 aliphatic rings. The third-order valence-corrected chi connectivity index (χ3v) is 6.33. The maximum absolute atomic E-state index is 13.7. The van der Waals surface area contributed by atoms with Gasteiger partial charge in [-0.3, -0.25) is 0 Å². The van der Waals surface area contributed by atoms with E-state index in [0.29, 0.717) is 11.6 Å². The minimum absolute atomic E-state index is 0.106. The average molecular weight is 469 g/mol. The fourth-order valence-corrected chi connectivity index (χ4v) is 4.52. The molecule has 7 heteroatoms. The first-order valence-electron chi connectivity index (χ1n) is 11.8. The molecule has 0 amide bonds. The number of para-hydroxylation sites is 1. The fourth-order valence-electron chi connectivity index (χ4n) is 4.52. The van der Waals surface area contributed by atoms with E-state index in [9.17, 15) is 13.2 Å². The zero-order chi connectivity index (χ0) is 24.3. The van der Waals surface area contributed by atoms with Gasteiger partial charge in [0.15, 0.2) is 0 Å². The van der Waals surface area contributed by atoms with Gasteiger partial charge < -0.3 is 10.6 Å². The van der Waals surface area contributed by atoms with Crippen LogP contribution in [-0.2, 0) is 11.6 Å². The Hall–Kier alpha value is -3.09. The predicted molar refractivity (Wildman–Crippen MR) is 131 cm³/mol. The summed E-state index contributed by atoms with van der Waals surface area (Å²) in [6.45, 7) is 6.05. The van der Waals surface area contributed by atoms with Crippen LogP contribution in [0, 0.1) is 0 Å². The zero-order valence-electron chi connectivity index (χ0n) is 19.8. The molecule has 4 rings (SSSR count). The molecule has 0 saturated heterocycles. The second kappa shape index (κ2) is 9.65. The van der Waals surface area contributed by atoms with Crippen molar-refractivity contribution in [3.63, 3.8) is 0 Å². The van der Waals surface area contributed by atoms with Crippen molar-refractivity contribution in [2.45, 2.75) is 70.4 Å². The van der Waals surface area contributed by atoms with Gasteiger partial charge in [0.05, 0.1) is 0 Å². The summed E-state index contributed by atoms with van der Waals surface area (Å²) in [5.74, 6) is 0.415. The Morgan fingerprint density at radius 2 is 1.50 bits per heavy atom. The zero-order valence-corrected chi connectivity index (χ0v) is 19.8. The van der Waals surface area contributed by atoms with Gasteiger partial charge in [-0.25, -0.2) is 4.98 Å². The van der Waals surface area contributed by atoms with Crippen LogP contribution in [0.4, 0.5) is 36.3 Å². The number of halogens is 3. The lowest BCUT2D eigenvalue weighted by molar-refractivity contribution is -0.137. The summed E-state index contributed by atoms with van der Waals surface area (Å²) in [6.07, 6.45) is 2.49. The van der Waals surface area contributed by atoms with Gasteiger partial charge in [0.25, 0.3) is 0 Å². The molecule has 1 aromatic heterocycles. The highest BCUT2D eigenvalue weighted by molar-refractivity contribution is 5.66. The third-order valence-electron chi connectivity index (χ3n) is 6.33. The Labute approximate surface area is 199 Å². The SMILES string of the molecule is CC(C)(C)c1ccccc1Nc1nc(Nc2ccc(C3CCCCC3)cc2)ncc1C(F)(F)F. The van der Waals surface area contributed by atoms with Crippen LogP contribution < -0.4 is 10.6 Å². The quantitative estimate of drug-likeness (QED) is 0.395. The van der Waals surface area contributed by atoms with Crippen LogP contribution in [0.2, 0.25) is 0 Å². The Bertz CT molecular complexity index is 1110. The number of anilines is 4. The molecule has 0 aliphatic heterocycles. The number of nitrogens with one attached hydrogen (secondary N) is 2. The summed E-state index contributed by atoms with van der Waals surface area (Å²) in [5.41, 5.74) is 2.36. The third kappa shape index (κ3) is 5.69. The van der Waals surface area contributed by atoms with Crippen molar-refractivity contribution in [1.82, 2.24) is 9.97 Å². The summed E-state index contributed by atoms with van der Waals surface area (Å²) >= 11 is 0. The highest BCUT2D eigenvalue weighted by atomic mass is 19.4. The molecule has 2 aromatic carbocycles. The van der Waals surface area contributed by atoms with Crippen molar-refractivity contribution in [3.05, 3.63) is 71.4 Å². The summed E-state index contributed by atoms with van der Waals surface area (Å²) in [7, 11) is 0. The monoisotopic (exact) mass is 468 g/mol. The number of benzene rings is 2. The molecule has 1 heterocycles. The minimum atomic E-state index is -4.58. The number of rotatable bonds is 5. The second-order valence-corrected chi connectivity index (χ2v) is 9.96. The van der Waals surface area contributed by atoms with Crippen molar-refractivity contribution in [2.24, 2.45) is 0 Å².